The van der Waals surface area contributed by atoms with Gasteiger partial charge in [-0.05, 0) is 12.1 Å². The molecule has 0 atom stereocenters. The van der Waals surface area contributed by atoms with Crippen LogP contribution in [0.1, 0.15) is 5.56 Å². The maximum absolute atomic E-state index is 11.8. The molecule has 0 aliphatic heterocycles. The average molecular weight is 325 g/mol. The van der Waals surface area contributed by atoms with Gasteiger partial charge in [0.25, 0.3) is 5.56 Å². The number of aromatic amines is 1. The van der Waals surface area contributed by atoms with Crippen LogP contribution in [0.5, 0.6) is 11.5 Å². The summed E-state index contributed by atoms with van der Waals surface area (Å²) < 4.78 is 10.4. The molecule has 0 aliphatic rings. The van der Waals surface area contributed by atoms with Crippen LogP contribution in [0.3, 0.4) is 0 Å². The number of halogens is 1. The van der Waals surface area contributed by atoms with Crippen molar-refractivity contribution in [1.82, 2.24) is 9.97 Å². The van der Waals surface area contributed by atoms with E-state index in [0.29, 0.717) is 28.2 Å². The van der Waals surface area contributed by atoms with Crippen molar-refractivity contribution in [3.63, 3.8) is 0 Å². The number of nitrogens with zero attached hydrogens (tertiary/aromatic N) is 1. The molecule has 0 amide bonds. The summed E-state index contributed by atoms with van der Waals surface area (Å²) in [5.41, 5.74) is 1.15. The fourth-order valence-electron chi connectivity index (χ4n) is 1.61. The van der Waals surface area contributed by atoms with Gasteiger partial charge in [-0.25, -0.2) is 4.98 Å². The fraction of sp³-hybridized carbons (Fsp3) is 0.231. The molecule has 0 unspecified atom stereocenters. The molecular formula is C13H13BrN2O3. The number of ether oxygens (including phenoxy) is 2. The Balaban J connectivity index is 2.51. The molecule has 1 aromatic carbocycles. The number of alkyl halides is 1. The molecular weight excluding hydrogens is 312 g/mol. The summed E-state index contributed by atoms with van der Waals surface area (Å²) >= 11 is 3.23. The van der Waals surface area contributed by atoms with E-state index in [2.05, 4.69) is 25.9 Å². The fourth-order valence-corrected chi connectivity index (χ4v) is 2.01. The molecule has 5 nitrogen and oxygen atoms in total. The predicted octanol–water partition coefficient (Wildman–Crippen LogP) is 2.35. The van der Waals surface area contributed by atoms with Crippen LogP contribution in [0, 0.1) is 0 Å². The van der Waals surface area contributed by atoms with Crippen molar-refractivity contribution >= 4 is 15.9 Å². The summed E-state index contributed by atoms with van der Waals surface area (Å²) in [5, 5.41) is 0.469. The molecule has 0 fully saturated rings. The second-order valence-electron chi connectivity index (χ2n) is 3.82. The van der Waals surface area contributed by atoms with Gasteiger partial charge in [-0.15, -0.1) is 0 Å². The van der Waals surface area contributed by atoms with Crippen LogP contribution in [0.4, 0.5) is 0 Å². The minimum atomic E-state index is -0.163. The number of rotatable bonds is 4. The van der Waals surface area contributed by atoms with Gasteiger partial charge in [0.2, 0.25) is 0 Å². The van der Waals surface area contributed by atoms with Crippen molar-refractivity contribution in [2.24, 2.45) is 0 Å². The zero-order chi connectivity index (χ0) is 13.8. The first-order chi connectivity index (χ1) is 9.17. The molecule has 100 valence electrons. The summed E-state index contributed by atoms with van der Waals surface area (Å²) in [6, 6.07) is 5.33. The minimum absolute atomic E-state index is 0.163. The topological polar surface area (TPSA) is 64.2 Å². The standard InChI is InChI=1S/C13H13BrN2O3/c1-18-10-3-8(4-11(5-10)19-2)12-15-7-9(6-14)13(17)16-12/h3-5,7H,6H2,1-2H3,(H,15,16,17). The molecule has 1 heterocycles. The lowest BCUT2D eigenvalue weighted by Crippen LogP contribution is -2.13. The SMILES string of the molecule is COc1cc(OC)cc(-c2ncc(CBr)c(=O)[nH]2)c1. The number of hydrogen-bond acceptors (Lipinski definition) is 4. The van der Waals surface area contributed by atoms with Gasteiger partial charge in [0.15, 0.2) is 0 Å². The van der Waals surface area contributed by atoms with Gasteiger partial charge >= 0.3 is 0 Å². The smallest absolute Gasteiger partial charge is 0.255 e. The van der Waals surface area contributed by atoms with Gasteiger partial charge < -0.3 is 14.5 Å². The molecule has 1 N–H and O–H groups in total. The Morgan fingerprint density at radius 2 is 1.84 bits per heavy atom. The zero-order valence-electron chi connectivity index (χ0n) is 10.6. The quantitative estimate of drug-likeness (QED) is 0.877. The van der Waals surface area contributed by atoms with E-state index in [0.717, 1.165) is 5.56 Å². The second kappa shape index (κ2) is 5.88. The van der Waals surface area contributed by atoms with E-state index in [9.17, 15) is 4.79 Å². The van der Waals surface area contributed by atoms with Crippen LogP contribution in [-0.4, -0.2) is 24.2 Å². The van der Waals surface area contributed by atoms with E-state index >= 15 is 0 Å². The first-order valence-electron chi connectivity index (χ1n) is 5.55. The highest BCUT2D eigenvalue weighted by Crippen LogP contribution is 2.27. The lowest BCUT2D eigenvalue weighted by atomic mass is 10.2. The predicted molar refractivity (Wildman–Crippen MR) is 76.0 cm³/mol. The highest BCUT2D eigenvalue weighted by molar-refractivity contribution is 9.08. The Morgan fingerprint density at radius 3 is 2.32 bits per heavy atom. The van der Waals surface area contributed by atoms with Crippen LogP contribution in [0.25, 0.3) is 11.4 Å². The molecule has 0 spiro atoms. The van der Waals surface area contributed by atoms with Crippen molar-refractivity contribution in [1.29, 1.82) is 0 Å². The minimum Gasteiger partial charge on any atom is -0.497 e. The Morgan fingerprint density at radius 1 is 1.21 bits per heavy atom. The Bertz CT molecular complexity index is 618. The highest BCUT2D eigenvalue weighted by atomic mass is 79.9. The van der Waals surface area contributed by atoms with Crippen LogP contribution in [0.2, 0.25) is 0 Å². The van der Waals surface area contributed by atoms with Crippen molar-refractivity contribution < 1.29 is 9.47 Å². The summed E-state index contributed by atoms with van der Waals surface area (Å²) in [7, 11) is 3.14. The van der Waals surface area contributed by atoms with E-state index in [4.69, 9.17) is 9.47 Å². The maximum atomic E-state index is 11.8. The Labute approximate surface area is 118 Å². The Hall–Kier alpha value is -1.82. The molecule has 19 heavy (non-hydrogen) atoms. The van der Waals surface area contributed by atoms with Crippen molar-refractivity contribution in [3.05, 3.63) is 40.3 Å². The van der Waals surface area contributed by atoms with Gasteiger partial charge in [-0.3, -0.25) is 4.79 Å². The number of hydrogen-bond donors (Lipinski definition) is 1. The zero-order valence-corrected chi connectivity index (χ0v) is 12.2. The Kier molecular flexibility index (Phi) is 4.21. The first kappa shape index (κ1) is 13.6. The summed E-state index contributed by atoms with van der Waals surface area (Å²) in [5.74, 6) is 1.76. The van der Waals surface area contributed by atoms with Crippen LogP contribution >= 0.6 is 15.9 Å². The van der Waals surface area contributed by atoms with Gasteiger partial charge in [-0.2, -0.15) is 0 Å². The van der Waals surface area contributed by atoms with E-state index in [1.54, 1.807) is 38.6 Å². The number of H-pyrrole nitrogens is 1. The molecule has 1 aromatic heterocycles. The summed E-state index contributed by atoms with van der Waals surface area (Å²) in [6.45, 7) is 0. The van der Waals surface area contributed by atoms with Gasteiger partial charge in [0.1, 0.15) is 17.3 Å². The largest absolute Gasteiger partial charge is 0.497 e. The lowest BCUT2D eigenvalue weighted by molar-refractivity contribution is 0.394. The van der Waals surface area contributed by atoms with E-state index in [-0.39, 0.29) is 5.56 Å². The third-order valence-corrected chi connectivity index (χ3v) is 3.25. The number of benzene rings is 1. The second-order valence-corrected chi connectivity index (χ2v) is 4.38. The monoisotopic (exact) mass is 324 g/mol. The van der Waals surface area contributed by atoms with E-state index < -0.39 is 0 Å². The lowest BCUT2D eigenvalue weighted by Gasteiger charge is -2.08. The highest BCUT2D eigenvalue weighted by Gasteiger charge is 2.07. The number of nitrogens with one attached hydrogen (secondary N) is 1. The third kappa shape index (κ3) is 2.96. The van der Waals surface area contributed by atoms with Gasteiger partial charge in [0, 0.05) is 28.7 Å². The van der Waals surface area contributed by atoms with Crippen molar-refractivity contribution in [2.45, 2.75) is 5.33 Å². The van der Waals surface area contributed by atoms with Gasteiger partial charge in [-0.1, -0.05) is 15.9 Å². The first-order valence-corrected chi connectivity index (χ1v) is 6.67. The van der Waals surface area contributed by atoms with E-state index in [1.807, 2.05) is 0 Å². The molecule has 2 rings (SSSR count). The molecule has 6 heteroatoms. The van der Waals surface area contributed by atoms with Crippen LogP contribution in [-0.2, 0) is 5.33 Å². The normalized spacial score (nSPS) is 10.3. The van der Waals surface area contributed by atoms with Gasteiger partial charge in [0.05, 0.1) is 14.2 Å². The van der Waals surface area contributed by atoms with Crippen molar-refractivity contribution in [3.8, 4) is 22.9 Å². The number of methoxy groups -OCH3 is 2. The van der Waals surface area contributed by atoms with Crippen molar-refractivity contribution in [2.75, 3.05) is 14.2 Å². The van der Waals surface area contributed by atoms with Crippen LogP contribution < -0.4 is 15.0 Å². The molecule has 0 saturated carbocycles. The average Bonchev–Trinajstić information content (AvgIpc) is 2.46. The maximum Gasteiger partial charge on any atom is 0.255 e. The summed E-state index contributed by atoms with van der Waals surface area (Å²) in [6.07, 6.45) is 1.55. The molecule has 2 aromatic rings. The van der Waals surface area contributed by atoms with Crippen LogP contribution in [0.15, 0.2) is 29.2 Å². The third-order valence-electron chi connectivity index (χ3n) is 2.64. The molecule has 0 bridgehead atoms. The molecule has 0 aliphatic carbocycles. The summed E-state index contributed by atoms with van der Waals surface area (Å²) in [4.78, 5) is 18.7. The molecule has 0 saturated heterocycles. The van der Waals surface area contributed by atoms with E-state index in [1.165, 1.54) is 0 Å². The number of aromatic nitrogens is 2. The molecule has 0 radical (unpaired) electrons.